The number of anilines is 1. The summed E-state index contributed by atoms with van der Waals surface area (Å²) in [5.41, 5.74) is 1.39. The Bertz CT molecular complexity index is 901. The van der Waals surface area contributed by atoms with Gasteiger partial charge in [-0.3, -0.25) is 10.1 Å². The van der Waals surface area contributed by atoms with Crippen molar-refractivity contribution < 1.29 is 13.3 Å². The lowest BCUT2D eigenvalue weighted by Crippen LogP contribution is -2.40. The first-order valence-corrected chi connectivity index (χ1v) is 9.58. The van der Waals surface area contributed by atoms with Gasteiger partial charge in [-0.25, -0.2) is 13.1 Å². The van der Waals surface area contributed by atoms with E-state index in [4.69, 9.17) is 0 Å². The van der Waals surface area contributed by atoms with Gasteiger partial charge < -0.3 is 5.32 Å². The first-order valence-electron chi connectivity index (χ1n) is 8.10. The quantitative estimate of drug-likeness (QED) is 0.592. The first kappa shape index (κ1) is 19.9. The predicted molar refractivity (Wildman–Crippen MR) is 102 cm³/mol. The van der Waals surface area contributed by atoms with E-state index >= 15 is 0 Å². The van der Waals surface area contributed by atoms with Crippen molar-refractivity contribution in [2.24, 2.45) is 0 Å². The van der Waals surface area contributed by atoms with Gasteiger partial charge in [0.05, 0.1) is 9.82 Å². The highest BCUT2D eigenvalue weighted by molar-refractivity contribution is 7.89. The molecule has 0 fully saturated rings. The second-order valence-electron chi connectivity index (χ2n) is 7.13. The van der Waals surface area contributed by atoms with Crippen molar-refractivity contribution in [3.63, 3.8) is 0 Å². The summed E-state index contributed by atoms with van der Waals surface area (Å²) in [5.74, 6) is 0. The zero-order valence-corrected chi connectivity index (χ0v) is 16.1. The number of sulfonamides is 1. The van der Waals surface area contributed by atoms with Crippen LogP contribution in [-0.4, -0.2) is 18.9 Å². The summed E-state index contributed by atoms with van der Waals surface area (Å²) in [5, 5.41) is 14.4. The standard InChI is InChI=1S/C18H23N3O4S/c1-13-5-7-14(8-6-13)12-19-16-10-9-15(11-17(16)21(22)23)26(24,25)20-18(2,3)4/h5-11,19-20H,12H2,1-4H3. The maximum atomic E-state index is 12.4. The van der Waals surface area contributed by atoms with E-state index in [-0.39, 0.29) is 16.3 Å². The van der Waals surface area contributed by atoms with Gasteiger partial charge in [0.2, 0.25) is 10.0 Å². The van der Waals surface area contributed by atoms with E-state index in [2.05, 4.69) is 10.0 Å². The molecular weight excluding hydrogens is 354 g/mol. The Hall–Kier alpha value is -2.45. The molecule has 2 N–H and O–H groups in total. The summed E-state index contributed by atoms with van der Waals surface area (Å²) in [7, 11) is -3.84. The van der Waals surface area contributed by atoms with Crippen LogP contribution < -0.4 is 10.0 Å². The van der Waals surface area contributed by atoms with Crippen LogP contribution >= 0.6 is 0 Å². The smallest absolute Gasteiger partial charge is 0.293 e. The number of hydrogen-bond donors (Lipinski definition) is 2. The van der Waals surface area contributed by atoms with Crippen molar-refractivity contribution in [2.75, 3.05) is 5.32 Å². The van der Waals surface area contributed by atoms with Crippen LogP contribution in [0.2, 0.25) is 0 Å². The molecule has 0 amide bonds. The van der Waals surface area contributed by atoms with Crippen LogP contribution in [0.15, 0.2) is 47.4 Å². The number of nitrogens with one attached hydrogen (secondary N) is 2. The summed E-state index contributed by atoms with van der Waals surface area (Å²) in [6, 6.07) is 11.6. The molecule has 7 nitrogen and oxygen atoms in total. The van der Waals surface area contributed by atoms with E-state index < -0.39 is 20.5 Å². The summed E-state index contributed by atoms with van der Waals surface area (Å²) in [4.78, 5) is 10.7. The van der Waals surface area contributed by atoms with E-state index in [1.54, 1.807) is 20.8 Å². The van der Waals surface area contributed by atoms with Gasteiger partial charge in [0, 0.05) is 18.2 Å². The van der Waals surface area contributed by atoms with Crippen LogP contribution in [0.5, 0.6) is 0 Å². The van der Waals surface area contributed by atoms with E-state index in [1.807, 2.05) is 31.2 Å². The fraction of sp³-hybridized carbons (Fsp3) is 0.333. The Morgan fingerprint density at radius 3 is 2.23 bits per heavy atom. The van der Waals surface area contributed by atoms with Crippen molar-refractivity contribution in [1.29, 1.82) is 0 Å². The fourth-order valence-corrected chi connectivity index (χ4v) is 3.78. The molecule has 8 heteroatoms. The molecule has 140 valence electrons. The van der Waals surface area contributed by atoms with Crippen LogP contribution in [-0.2, 0) is 16.6 Å². The molecule has 2 aromatic rings. The van der Waals surface area contributed by atoms with Crippen LogP contribution in [0, 0.1) is 17.0 Å². The minimum absolute atomic E-state index is 0.139. The molecule has 0 bridgehead atoms. The number of hydrogen-bond acceptors (Lipinski definition) is 5. The molecule has 26 heavy (non-hydrogen) atoms. The second kappa shape index (κ2) is 7.43. The number of nitrogens with zero attached hydrogens (tertiary/aromatic N) is 1. The number of nitro benzene ring substituents is 1. The molecule has 0 spiro atoms. The molecule has 0 aliphatic rings. The molecule has 0 aliphatic heterocycles. The minimum atomic E-state index is -3.84. The average Bonchev–Trinajstić information content (AvgIpc) is 2.51. The Morgan fingerprint density at radius 1 is 1.08 bits per heavy atom. The summed E-state index contributed by atoms with van der Waals surface area (Å²) in [6.45, 7) is 7.49. The lowest BCUT2D eigenvalue weighted by atomic mass is 10.1. The highest BCUT2D eigenvalue weighted by Gasteiger charge is 2.25. The zero-order valence-electron chi connectivity index (χ0n) is 15.2. The molecule has 0 saturated carbocycles. The molecule has 0 saturated heterocycles. The SMILES string of the molecule is Cc1ccc(CNc2ccc(S(=O)(=O)NC(C)(C)C)cc2[N+](=O)[O-])cc1. The molecule has 2 rings (SSSR count). The molecule has 2 aromatic carbocycles. The van der Waals surface area contributed by atoms with Gasteiger partial charge in [0.25, 0.3) is 5.69 Å². The molecule has 0 heterocycles. The third-order valence-electron chi connectivity index (χ3n) is 3.52. The van der Waals surface area contributed by atoms with Crippen molar-refractivity contribution in [3.05, 3.63) is 63.7 Å². The largest absolute Gasteiger partial charge is 0.375 e. The van der Waals surface area contributed by atoms with E-state index in [9.17, 15) is 18.5 Å². The van der Waals surface area contributed by atoms with Crippen molar-refractivity contribution in [1.82, 2.24) is 4.72 Å². The Labute approximate surface area is 153 Å². The maximum Gasteiger partial charge on any atom is 0.293 e. The predicted octanol–water partition coefficient (Wildman–Crippen LogP) is 3.59. The van der Waals surface area contributed by atoms with Crippen LogP contribution in [0.4, 0.5) is 11.4 Å². The van der Waals surface area contributed by atoms with Gasteiger partial charge in [-0.1, -0.05) is 29.8 Å². The van der Waals surface area contributed by atoms with Gasteiger partial charge in [0.1, 0.15) is 5.69 Å². The molecule has 0 radical (unpaired) electrons. The average molecular weight is 377 g/mol. The zero-order chi connectivity index (χ0) is 19.5. The number of rotatable bonds is 6. The van der Waals surface area contributed by atoms with Crippen LogP contribution in [0.3, 0.4) is 0 Å². The van der Waals surface area contributed by atoms with Crippen molar-refractivity contribution in [3.8, 4) is 0 Å². The van der Waals surface area contributed by atoms with Crippen molar-refractivity contribution in [2.45, 2.75) is 44.7 Å². The topological polar surface area (TPSA) is 101 Å². The molecule has 0 atom stereocenters. The maximum absolute atomic E-state index is 12.4. The van der Waals surface area contributed by atoms with Gasteiger partial charge >= 0.3 is 0 Å². The Morgan fingerprint density at radius 2 is 1.69 bits per heavy atom. The normalized spacial score (nSPS) is 12.0. The third kappa shape index (κ3) is 5.27. The number of nitro groups is 1. The Kier molecular flexibility index (Phi) is 5.68. The minimum Gasteiger partial charge on any atom is -0.375 e. The van der Waals surface area contributed by atoms with Gasteiger partial charge in [-0.2, -0.15) is 0 Å². The molecule has 0 unspecified atom stereocenters. The number of aryl methyl sites for hydroxylation is 1. The summed E-state index contributed by atoms with van der Waals surface area (Å²) in [6.07, 6.45) is 0. The second-order valence-corrected chi connectivity index (χ2v) is 8.81. The van der Waals surface area contributed by atoms with E-state index in [0.29, 0.717) is 6.54 Å². The third-order valence-corrected chi connectivity index (χ3v) is 5.28. The first-order chi connectivity index (χ1) is 12.0. The van der Waals surface area contributed by atoms with Crippen molar-refractivity contribution >= 4 is 21.4 Å². The lowest BCUT2D eigenvalue weighted by Gasteiger charge is -2.20. The Balaban J connectivity index is 2.28. The van der Waals surface area contributed by atoms with E-state index in [1.165, 1.54) is 12.1 Å². The van der Waals surface area contributed by atoms with Crippen LogP contribution in [0.25, 0.3) is 0 Å². The lowest BCUT2D eigenvalue weighted by molar-refractivity contribution is -0.384. The summed E-state index contributed by atoms with van der Waals surface area (Å²) >= 11 is 0. The van der Waals surface area contributed by atoms with Crippen LogP contribution in [0.1, 0.15) is 31.9 Å². The van der Waals surface area contributed by atoms with Gasteiger partial charge in [0.15, 0.2) is 0 Å². The molecule has 0 aliphatic carbocycles. The van der Waals surface area contributed by atoms with E-state index in [0.717, 1.165) is 17.2 Å². The number of benzene rings is 2. The highest BCUT2D eigenvalue weighted by Crippen LogP contribution is 2.28. The fourth-order valence-electron chi connectivity index (χ4n) is 2.34. The van der Waals surface area contributed by atoms with Gasteiger partial charge in [-0.05, 0) is 45.4 Å². The summed E-state index contributed by atoms with van der Waals surface area (Å²) < 4.78 is 27.3. The molecular formula is C18H23N3O4S. The monoisotopic (exact) mass is 377 g/mol. The molecule has 0 aromatic heterocycles. The van der Waals surface area contributed by atoms with Gasteiger partial charge in [-0.15, -0.1) is 0 Å². The highest BCUT2D eigenvalue weighted by atomic mass is 32.2.